The summed E-state index contributed by atoms with van der Waals surface area (Å²) in [5, 5.41) is 5.27. The van der Waals surface area contributed by atoms with Crippen molar-refractivity contribution in [1.29, 1.82) is 0 Å². The van der Waals surface area contributed by atoms with E-state index in [0.717, 1.165) is 0 Å². The zero-order valence-corrected chi connectivity index (χ0v) is 18.0. The third kappa shape index (κ3) is 8.82. The average molecular weight is 394 g/mol. The van der Waals surface area contributed by atoms with Gasteiger partial charge in [0.1, 0.15) is 16.7 Å². The minimum Gasteiger partial charge on any atom is -0.458 e. The van der Waals surface area contributed by atoms with Crippen molar-refractivity contribution in [3.05, 3.63) is 0 Å². The number of hydrogen-bond acceptors (Lipinski definition) is 7. The van der Waals surface area contributed by atoms with E-state index in [9.17, 15) is 14.4 Å². The number of nitrogens with zero attached hydrogens (tertiary/aromatic N) is 1. The maximum atomic E-state index is 12.5. The lowest BCUT2D eigenvalue weighted by Crippen LogP contribution is -2.62. The average Bonchev–Trinajstić information content (AvgIpc) is 2.34. The van der Waals surface area contributed by atoms with Gasteiger partial charge in [-0.15, -0.1) is 25.3 Å². The predicted octanol–water partition coefficient (Wildman–Crippen LogP) is 1.19. The first kappa shape index (κ1) is 24.1. The highest BCUT2D eigenvalue weighted by molar-refractivity contribution is 7.99. The van der Waals surface area contributed by atoms with Crippen LogP contribution in [-0.2, 0) is 19.1 Å². The van der Waals surface area contributed by atoms with Crippen molar-refractivity contribution in [3.63, 3.8) is 0 Å². The van der Waals surface area contributed by atoms with Gasteiger partial charge in [-0.25, -0.2) is 4.79 Å². The van der Waals surface area contributed by atoms with Crippen LogP contribution < -0.4 is 10.6 Å². The topological polar surface area (TPSA) is 87.7 Å². The van der Waals surface area contributed by atoms with Crippen LogP contribution in [0.15, 0.2) is 0 Å². The number of amides is 2. The minimum absolute atomic E-state index is 0.0316. The number of nitrogens with one attached hydrogen (secondary N) is 2. The van der Waals surface area contributed by atoms with E-state index in [4.69, 9.17) is 4.74 Å². The van der Waals surface area contributed by atoms with Gasteiger partial charge in [-0.2, -0.15) is 0 Å². The highest BCUT2D eigenvalue weighted by Gasteiger charge is 2.39. The van der Waals surface area contributed by atoms with Crippen LogP contribution in [0.5, 0.6) is 0 Å². The van der Waals surface area contributed by atoms with E-state index >= 15 is 0 Å². The number of hydrogen-bond donors (Lipinski definition) is 4. The summed E-state index contributed by atoms with van der Waals surface area (Å²) in [5.74, 6) is -1.40. The molecule has 2 N–H and O–H groups in total. The molecule has 0 aromatic carbocycles. The van der Waals surface area contributed by atoms with Crippen molar-refractivity contribution in [2.45, 2.75) is 69.9 Å². The van der Waals surface area contributed by atoms with E-state index in [2.05, 4.69) is 35.9 Å². The molecule has 0 saturated carbocycles. The lowest BCUT2D eigenvalue weighted by atomic mass is 9.99. The van der Waals surface area contributed by atoms with Crippen LogP contribution in [0, 0.1) is 0 Å². The normalized spacial score (nSPS) is 13.0. The van der Waals surface area contributed by atoms with Gasteiger partial charge in [0.05, 0.1) is 11.3 Å². The maximum absolute atomic E-state index is 12.5. The fourth-order valence-electron chi connectivity index (χ4n) is 1.65. The van der Waals surface area contributed by atoms with E-state index in [1.54, 1.807) is 60.4 Å². The van der Waals surface area contributed by atoms with Crippen molar-refractivity contribution in [2.24, 2.45) is 0 Å². The Labute approximate surface area is 161 Å². The van der Waals surface area contributed by atoms with Gasteiger partial charge in [-0.3, -0.25) is 14.5 Å². The fraction of sp³-hybridized carbons (Fsp3) is 0.812. The molecule has 0 heterocycles. The highest BCUT2D eigenvalue weighted by Crippen LogP contribution is 2.15. The third-order valence-corrected chi connectivity index (χ3v) is 3.93. The van der Waals surface area contributed by atoms with Gasteiger partial charge in [-0.1, -0.05) is 0 Å². The number of rotatable bonds is 7. The predicted molar refractivity (Wildman–Crippen MR) is 105 cm³/mol. The first-order chi connectivity index (χ1) is 11.0. The molecule has 0 atom stereocenters. The number of thiol groups is 2. The smallest absolute Gasteiger partial charge is 0.331 e. The van der Waals surface area contributed by atoms with Crippen LogP contribution in [0.1, 0.15) is 48.5 Å². The molecule has 0 aliphatic carbocycles. The summed E-state index contributed by atoms with van der Waals surface area (Å²) in [7, 11) is 1.68. The quantitative estimate of drug-likeness (QED) is 0.297. The summed E-state index contributed by atoms with van der Waals surface area (Å²) < 4.78 is 4.92. The SMILES string of the molecule is CN(CC(=O)NC(C)(C)C(=O)NC(C)(C)C(=O)OC(C)(C)C)C(S)S. The number of esters is 1. The minimum atomic E-state index is -1.23. The Morgan fingerprint density at radius 2 is 1.44 bits per heavy atom. The van der Waals surface area contributed by atoms with E-state index in [-0.39, 0.29) is 12.5 Å². The van der Waals surface area contributed by atoms with E-state index < -0.39 is 33.3 Å². The van der Waals surface area contributed by atoms with Crippen molar-refractivity contribution in [3.8, 4) is 0 Å². The Morgan fingerprint density at radius 1 is 0.960 bits per heavy atom. The molecule has 146 valence electrons. The zero-order valence-electron chi connectivity index (χ0n) is 16.3. The summed E-state index contributed by atoms with van der Waals surface area (Å²) in [6, 6.07) is 0. The molecule has 0 fully saturated rings. The maximum Gasteiger partial charge on any atom is 0.331 e. The second kappa shape index (κ2) is 8.64. The lowest BCUT2D eigenvalue weighted by molar-refractivity contribution is -0.163. The molecule has 0 spiro atoms. The molecule has 0 unspecified atom stereocenters. The standard InChI is InChI=1S/C16H31N3O4S2/c1-14(2,3)23-12(22)16(6,7)18-11(21)15(4,5)17-10(20)9-19(8)13(24)25/h13,24-25H,9H2,1-8H3,(H,17,20)(H,18,21). The van der Waals surface area contributed by atoms with Gasteiger partial charge in [0.15, 0.2) is 0 Å². The van der Waals surface area contributed by atoms with Crippen molar-refractivity contribution in [1.82, 2.24) is 15.5 Å². The molecule has 0 aromatic rings. The zero-order chi connectivity index (χ0) is 20.2. The summed E-state index contributed by atoms with van der Waals surface area (Å²) in [5.41, 5.74) is -3.10. The Balaban J connectivity index is 4.90. The van der Waals surface area contributed by atoms with Crippen LogP contribution in [0.2, 0.25) is 0 Å². The highest BCUT2D eigenvalue weighted by atomic mass is 32.2. The second-order valence-electron chi connectivity index (χ2n) is 8.02. The summed E-state index contributed by atoms with van der Waals surface area (Å²) >= 11 is 8.22. The van der Waals surface area contributed by atoms with Gasteiger partial charge >= 0.3 is 5.97 Å². The molecule has 9 heteroatoms. The third-order valence-electron chi connectivity index (χ3n) is 3.14. The van der Waals surface area contributed by atoms with Gasteiger partial charge in [0.25, 0.3) is 0 Å². The summed E-state index contributed by atoms with van der Waals surface area (Å²) in [4.78, 5) is 38.4. The Bertz CT molecular complexity index is 514. The van der Waals surface area contributed by atoms with Crippen LogP contribution in [0.4, 0.5) is 0 Å². The first-order valence-corrected chi connectivity index (χ1v) is 8.95. The summed E-state index contributed by atoms with van der Waals surface area (Å²) in [6.45, 7) is 11.5. The lowest BCUT2D eigenvalue weighted by Gasteiger charge is -2.33. The Morgan fingerprint density at radius 3 is 1.84 bits per heavy atom. The number of ether oxygens (including phenoxy) is 1. The molecule has 0 saturated heterocycles. The van der Waals surface area contributed by atoms with Crippen LogP contribution in [-0.4, -0.2) is 57.7 Å². The van der Waals surface area contributed by atoms with E-state index in [1.807, 2.05) is 0 Å². The molecule has 7 nitrogen and oxygen atoms in total. The van der Waals surface area contributed by atoms with Crippen LogP contribution in [0.25, 0.3) is 0 Å². The molecule has 2 amide bonds. The van der Waals surface area contributed by atoms with Crippen molar-refractivity contribution in [2.75, 3.05) is 13.6 Å². The van der Waals surface area contributed by atoms with Crippen molar-refractivity contribution < 1.29 is 19.1 Å². The molecule has 0 aliphatic rings. The van der Waals surface area contributed by atoms with Crippen LogP contribution in [0.3, 0.4) is 0 Å². The number of carbonyl (C=O) groups is 3. The molecule has 25 heavy (non-hydrogen) atoms. The molecule has 0 rings (SSSR count). The van der Waals surface area contributed by atoms with Crippen molar-refractivity contribution >= 4 is 43.0 Å². The molecule has 0 bridgehead atoms. The monoisotopic (exact) mass is 393 g/mol. The number of likely N-dealkylation sites (N-methyl/N-ethyl adjacent to an activating group) is 1. The molecule has 0 aromatic heterocycles. The van der Waals surface area contributed by atoms with Crippen LogP contribution >= 0.6 is 25.3 Å². The largest absolute Gasteiger partial charge is 0.458 e. The molecular weight excluding hydrogens is 362 g/mol. The van der Waals surface area contributed by atoms with Gasteiger partial charge < -0.3 is 15.4 Å². The fourth-order valence-corrected chi connectivity index (χ4v) is 1.81. The molecule has 0 radical (unpaired) electrons. The molecular formula is C16H31N3O4S2. The summed E-state index contributed by atoms with van der Waals surface area (Å²) in [6.07, 6.45) is 0. The van der Waals surface area contributed by atoms with E-state index in [1.165, 1.54) is 0 Å². The number of carbonyl (C=O) groups excluding carboxylic acids is 3. The van der Waals surface area contributed by atoms with E-state index in [0.29, 0.717) is 0 Å². The van der Waals surface area contributed by atoms with Gasteiger partial charge in [0.2, 0.25) is 11.8 Å². The molecule has 0 aliphatic heterocycles. The van der Waals surface area contributed by atoms with Gasteiger partial charge in [-0.05, 0) is 55.5 Å². The second-order valence-corrected chi connectivity index (χ2v) is 9.40. The van der Waals surface area contributed by atoms with Gasteiger partial charge in [0, 0.05) is 0 Å². The first-order valence-electron chi connectivity index (χ1n) is 7.91. The Kier molecular flexibility index (Phi) is 8.32. The Hall–Kier alpha value is -0.930.